The van der Waals surface area contributed by atoms with Crippen LogP contribution in [0, 0.1) is 13.8 Å². The van der Waals surface area contributed by atoms with Crippen LogP contribution in [0.25, 0.3) is 0 Å². The van der Waals surface area contributed by atoms with Crippen LogP contribution in [-0.2, 0) is 26.2 Å². The number of aryl methyl sites for hydroxylation is 2. The third-order valence-corrected chi connectivity index (χ3v) is 8.64. The summed E-state index contributed by atoms with van der Waals surface area (Å²) >= 11 is 12.3. The molecule has 0 heterocycles. The highest BCUT2D eigenvalue weighted by atomic mass is 35.5. The number of hydrogen-bond acceptors (Lipinski definition) is 4. The van der Waals surface area contributed by atoms with E-state index in [1.54, 1.807) is 55.5 Å². The average Bonchev–Trinajstić information content (AvgIpc) is 2.87. The van der Waals surface area contributed by atoms with Crippen molar-refractivity contribution >= 4 is 50.7 Å². The van der Waals surface area contributed by atoms with Crippen LogP contribution in [0.3, 0.4) is 0 Å². The molecule has 7 nitrogen and oxygen atoms in total. The van der Waals surface area contributed by atoms with Gasteiger partial charge in [-0.15, -0.1) is 0 Å². The lowest BCUT2D eigenvalue weighted by Gasteiger charge is -2.32. The molecule has 0 saturated heterocycles. The molecule has 0 fully saturated rings. The number of carbonyl (C=O) groups excluding carboxylic acids is 2. The number of benzene rings is 3. The number of amides is 2. The molecule has 0 saturated carbocycles. The fraction of sp³-hybridized carbons (Fsp3) is 0.310. The molecule has 10 heteroatoms. The summed E-state index contributed by atoms with van der Waals surface area (Å²) in [6, 6.07) is 17.3. The van der Waals surface area contributed by atoms with Gasteiger partial charge < -0.3 is 10.2 Å². The minimum Gasteiger partial charge on any atom is -0.352 e. The van der Waals surface area contributed by atoms with Crippen molar-refractivity contribution in [2.45, 2.75) is 58.1 Å². The molecule has 0 aliphatic rings. The van der Waals surface area contributed by atoms with E-state index in [2.05, 4.69) is 5.32 Å². The summed E-state index contributed by atoms with van der Waals surface area (Å²) in [6.45, 7) is 8.47. The second kappa shape index (κ2) is 12.9. The molecule has 3 rings (SSSR count). The van der Waals surface area contributed by atoms with Crippen molar-refractivity contribution in [2.75, 3.05) is 10.8 Å². The number of anilines is 1. The summed E-state index contributed by atoms with van der Waals surface area (Å²) in [5, 5.41) is 3.50. The monoisotopic (exact) mass is 589 g/mol. The minimum atomic E-state index is -4.12. The van der Waals surface area contributed by atoms with Crippen molar-refractivity contribution < 1.29 is 18.0 Å². The zero-order chi connectivity index (χ0) is 28.9. The number of carbonyl (C=O) groups is 2. The maximum absolute atomic E-state index is 13.9. The average molecular weight is 591 g/mol. The summed E-state index contributed by atoms with van der Waals surface area (Å²) < 4.78 is 28.8. The van der Waals surface area contributed by atoms with Gasteiger partial charge >= 0.3 is 0 Å². The summed E-state index contributed by atoms with van der Waals surface area (Å²) in [5.74, 6) is -0.911. The normalized spacial score (nSPS) is 12.2. The number of halogens is 2. The fourth-order valence-electron chi connectivity index (χ4n) is 3.97. The predicted molar refractivity (Wildman–Crippen MR) is 157 cm³/mol. The Morgan fingerprint density at radius 2 is 1.54 bits per heavy atom. The first-order valence-electron chi connectivity index (χ1n) is 12.5. The highest BCUT2D eigenvalue weighted by molar-refractivity contribution is 7.92. The molecule has 0 spiro atoms. The first kappa shape index (κ1) is 30.5. The van der Waals surface area contributed by atoms with Gasteiger partial charge in [-0.2, -0.15) is 0 Å². The minimum absolute atomic E-state index is 0.0225. The molecule has 0 radical (unpaired) electrons. The van der Waals surface area contributed by atoms with Crippen LogP contribution in [0.2, 0.25) is 10.0 Å². The molecular weight excluding hydrogens is 557 g/mol. The van der Waals surface area contributed by atoms with Gasteiger partial charge in [0.2, 0.25) is 11.8 Å². The van der Waals surface area contributed by atoms with Gasteiger partial charge in [0.05, 0.1) is 20.6 Å². The zero-order valence-corrected chi connectivity index (χ0v) is 24.9. The van der Waals surface area contributed by atoms with Crippen molar-refractivity contribution in [2.24, 2.45) is 0 Å². The van der Waals surface area contributed by atoms with Crippen LogP contribution in [0.5, 0.6) is 0 Å². The van der Waals surface area contributed by atoms with Crippen molar-refractivity contribution in [3.63, 3.8) is 0 Å². The van der Waals surface area contributed by atoms with E-state index in [1.165, 1.54) is 17.0 Å². The van der Waals surface area contributed by atoms with E-state index in [0.29, 0.717) is 21.3 Å². The Labute approximate surface area is 240 Å². The van der Waals surface area contributed by atoms with Crippen LogP contribution < -0.4 is 9.62 Å². The van der Waals surface area contributed by atoms with Crippen LogP contribution in [0.4, 0.5) is 5.69 Å². The summed E-state index contributed by atoms with van der Waals surface area (Å²) in [6.07, 6.45) is 0. The quantitative estimate of drug-likeness (QED) is 0.326. The highest BCUT2D eigenvalue weighted by Crippen LogP contribution is 2.27. The van der Waals surface area contributed by atoms with Crippen molar-refractivity contribution in [1.29, 1.82) is 0 Å². The van der Waals surface area contributed by atoms with Crippen LogP contribution in [-0.4, -0.2) is 43.8 Å². The Morgan fingerprint density at radius 1 is 0.872 bits per heavy atom. The van der Waals surface area contributed by atoms with E-state index in [0.717, 1.165) is 15.4 Å². The molecule has 1 N–H and O–H groups in total. The number of rotatable bonds is 10. The van der Waals surface area contributed by atoms with Gasteiger partial charge in [0, 0.05) is 12.6 Å². The highest BCUT2D eigenvalue weighted by Gasteiger charge is 2.32. The lowest BCUT2D eigenvalue weighted by atomic mass is 10.1. The molecule has 0 bridgehead atoms. The second-order valence-electron chi connectivity index (χ2n) is 9.77. The number of nitrogens with one attached hydrogen (secondary N) is 1. The predicted octanol–water partition coefficient (Wildman–Crippen LogP) is 5.75. The Balaban J connectivity index is 2.04. The molecule has 1 atom stereocenters. The van der Waals surface area contributed by atoms with E-state index in [9.17, 15) is 18.0 Å². The Bertz CT molecular complexity index is 1440. The first-order valence-corrected chi connectivity index (χ1v) is 14.7. The molecule has 0 unspecified atom stereocenters. The summed E-state index contributed by atoms with van der Waals surface area (Å²) in [5.41, 5.74) is 2.73. The molecule has 39 heavy (non-hydrogen) atoms. The SMILES string of the molecule is Cc1ccc(S(=O)(=O)N(CC(=O)N(Cc2ccc(Cl)c(Cl)c2)[C@@H](C)C(=O)NC(C)C)c2cccc(C)c2)cc1. The molecule has 3 aromatic carbocycles. The number of sulfonamides is 1. The lowest BCUT2D eigenvalue weighted by molar-refractivity contribution is -0.139. The Hall–Kier alpha value is -3.07. The van der Waals surface area contributed by atoms with Crippen LogP contribution in [0.15, 0.2) is 71.6 Å². The van der Waals surface area contributed by atoms with Gasteiger partial charge in [-0.3, -0.25) is 13.9 Å². The van der Waals surface area contributed by atoms with Crippen molar-refractivity contribution in [1.82, 2.24) is 10.2 Å². The van der Waals surface area contributed by atoms with Gasteiger partial charge in [-0.05, 0) is 82.1 Å². The Kier molecular flexibility index (Phi) is 10.0. The molecule has 3 aromatic rings. The summed E-state index contributed by atoms with van der Waals surface area (Å²) in [4.78, 5) is 28.3. The Morgan fingerprint density at radius 3 is 2.13 bits per heavy atom. The largest absolute Gasteiger partial charge is 0.352 e. The molecule has 208 valence electrons. The molecule has 0 aliphatic heterocycles. The third kappa shape index (κ3) is 7.75. The van der Waals surface area contributed by atoms with E-state index >= 15 is 0 Å². The summed E-state index contributed by atoms with van der Waals surface area (Å²) in [7, 11) is -4.12. The van der Waals surface area contributed by atoms with Crippen molar-refractivity contribution in [3.05, 3.63) is 93.5 Å². The van der Waals surface area contributed by atoms with E-state index < -0.39 is 28.5 Å². The standard InChI is InChI=1S/C29H33Cl2N3O4S/c1-19(2)32-29(36)22(5)33(17-23-11-14-26(30)27(31)16-23)28(35)18-34(24-8-6-7-21(4)15-24)39(37,38)25-12-9-20(3)10-13-25/h6-16,19,22H,17-18H2,1-5H3,(H,32,36)/t22-/m0/s1. The topological polar surface area (TPSA) is 86.8 Å². The van der Waals surface area contributed by atoms with Crippen LogP contribution in [0.1, 0.15) is 37.5 Å². The molecule has 0 aliphatic carbocycles. The second-order valence-corrected chi connectivity index (χ2v) is 12.4. The molecular formula is C29H33Cl2N3O4S. The van der Waals surface area contributed by atoms with Gasteiger partial charge in [-0.1, -0.05) is 59.1 Å². The van der Waals surface area contributed by atoms with Gasteiger partial charge in [0.25, 0.3) is 10.0 Å². The van der Waals surface area contributed by atoms with E-state index in [-0.39, 0.29) is 23.4 Å². The van der Waals surface area contributed by atoms with Gasteiger partial charge in [0.1, 0.15) is 12.6 Å². The smallest absolute Gasteiger partial charge is 0.264 e. The van der Waals surface area contributed by atoms with E-state index in [1.807, 2.05) is 33.8 Å². The van der Waals surface area contributed by atoms with E-state index in [4.69, 9.17) is 23.2 Å². The molecule has 0 aromatic heterocycles. The maximum Gasteiger partial charge on any atom is 0.264 e. The van der Waals surface area contributed by atoms with Gasteiger partial charge in [-0.25, -0.2) is 8.42 Å². The van der Waals surface area contributed by atoms with Crippen molar-refractivity contribution in [3.8, 4) is 0 Å². The number of hydrogen-bond donors (Lipinski definition) is 1. The first-order chi connectivity index (χ1) is 18.3. The van der Waals surface area contributed by atoms with Crippen LogP contribution >= 0.6 is 23.2 Å². The third-order valence-electron chi connectivity index (χ3n) is 6.11. The number of nitrogens with zero attached hydrogens (tertiary/aromatic N) is 2. The van der Waals surface area contributed by atoms with Gasteiger partial charge in [0.15, 0.2) is 0 Å². The fourth-order valence-corrected chi connectivity index (χ4v) is 5.70. The lowest BCUT2D eigenvalue weighted by Crippen LogP contribution is -2.52. The maximum atomic E-state index is 13.9. The molecule has 2 amide bonds. The zero-order valence-electron chi connectivity index (χ0n) is 22.6.